The normalized spacial score (nSPS) is 14.1. The summed E-state index contributed by atoms with van der Waals surface area (Å²) in [5.74, 6) is 1.20. The molecule has 0 aromatic carbocycles. The Hall–Kier alpha value is -3.92. The molecule has 0 unspecified atom stereocenters. The number of pyridine rings is 3. The zero-order valence-corrected chi connectivity index (χ0v) is 18.8. The van der Waals surface area contributed by atoms with E-state index < -0.39 is 5.91 Å². The van der Waals surface area contributed by atoms with Gasteiger partial charge >= 0.3 is 0 Å². The number of primary amides is 1. The maximum atomic E-state index is 12.0. The average Bonchev–Trinajstić information content (AvgIpc) is 2.82. The van der Waals surface area contributed by atoms with E-state index in [1.165, 1.54) is 6.20 Å². The van der Waals surface area contributed by atoms with Crippen LogP contribution in [-0.4, -0.2) is 65.6 Å². The maximum absolute atomic E-state index is 12.0. The number of carbonyl (C=O) groups is 1. The van der Waals surface area contributed by atoms with Crippen molar-refractivity contribution in [3.05, 3.63) is 54.6 Å². The van der Waals surface area contributed by atoms with Crippen LogP contribution in [0.15, 0.2) is 49.1 Å². The molecule has 1 aliphatic heterocycles. The Labute approximate surface area is 192 Å². The summed E-state index contributed by atoms with van der Waals surface area (Å²) in [7, 11) is 2.13. The van der Waals surface area contributed by atoms with Crippen molar-refractivity contribution in [1.29, 1.82) is 0 Å². The van der Waals surface area contributed by atoms with E-state index in [9.17, 15) is 4.79 Å². The number of nitrogens with zero attached hydrogens (tertiary/aromatic N) is 5. The Balaban J connectivity index is 1.52. The summed E-state index contributed by atoms with van der Waals surface area (Å²) >= 11 is 0. The molecule has 33 heavy (non-hydrogen) atoms. The highest BCUT2D eigenvalue weighted by molar-refractivity contribution is 5.99. The quantitative estimate of drug-likeness (QED) is 0.477. The summed E-state index contributed by atoms with van der Waals surface area (Å²) in [4.78, 5) is 29.6. The molecule has 0 atom stereocenters. The SMILES string of the molecule is CCOc1ccncc1Nc1cc(Nc2ccc(N3CCN(C)CC3)cn2)ncc1C(N)=O. The lowest BCUT2D eigenvalue weighted by atomic mass is 10.2. The minimum atomic E-state index is -0.590. The van der Waals surface area contributed by atoms with E-state index in [-0.39, 0.29) is 5.56 Å². The number of anilines is 5. The van der Waals surface area contributed by atoms with Gasteiger partial charge in [-0.3, -0.25) is 9.78 Å². The zero-order valence-electron chi connectivity index (χ0n) is 18.8. The van der Waals surface area contributed by atoms with Crippen molar-refractivity contribution in [1.82, 2.24) is 19.9 Å². The molecule has 1 amide bonds. The topological polar surface area (TPSA) is 122 Å². The number of ether oxygens (including phenoxy) is 1. The summed E-state index contributed by atoms with van der Waals surface area (Å²) in [6.07, 6.45) is 6.56. The third-order valence-electron chi connectivity index (χ3n) is 5.39. The highest BCUT2D eigenvalue weighted by Gasteiger charge is 2.16. The first-order valence-electron chi connectivity index (χ1n) is 10.8. The number of amides is 1. The van der Waals surface area contributed by atoms with Crippen LogP contribution in [0, 0.1) is 0 Å². The van der Waals surface area contributed by atoms with Crippen LogP contribution in [0.25, 0.3) is 0 Å². The van der Waals surface area contributed by atoms with Crippen molar-refractivity contribution in [2.24, 2.45) is 5.73 Å². The first-order valence-corrected chi connectivity index (χ1v) is 10.8. The highest BCUT2D eigenvalue weighted by atomic mass is 16.5. The van der Waals surface area contributed by atoms with E-state index in [0.717, 1.165) is 31.9 Å². The second-order valence-electron chi connectivity index (χ2n) is 7.73. The van der Waals surface area contributed by atoms with Crippen LogP contribution in [0.2, 0.25) is 0 Å². The van der Waals surface area contributed by atoms with Crippen molar-refractivity contribution < 1.29 is 9.53 Å². The lowest BCUT2D eigenvalue weighted by molar-refractivity contribution is 0.100. The van der Waals surface area contributed by atoms with E-state index in [0.29, 0.717) is 35.4 Å². The number of nitrogens with two attached hydrogens (primary N) is 1. The van der Waals surface area contributed by atoms with E-state index in [1.54, 1.807) is 24.5 Å². The molecule has 1 aliphatic rings. The monoisotopic (exact) mass is 448 g/mol. The summed E-state index contributed by atoms with van der Waals surface area (Å²) in [6, 6.07) is 7.42. The average molecular weight is 449 g/mol. The van der Waals surface area contributed by atoms with Crippen molar-refractivity contribution in [2.75, 3.05) is 55.4 Å². The third-order valence-corrected chi connectivity index (χ3v) is 5.39. The number of likely N-dealkylation sites (N-methyl/N-ethyl adjacent to an activating group) is 1. The molecule has 0 radical (unpaired) electrons. The number of rotatable bonds is 8. The maximum Gasteiger partial charge on any atom is 0.252 e. The number of hydrogen-bond acceptors (Lipinski definition) is 9. The van der Waals surface area contributed by atoms with Crippen LogP contribution in [0.4, 0.5) is 28.7 Å². The Morgan fingerprint density at radius 2 is 1.82 bits per heavy atom. The molecule has 1 saturated heterocycles. The molecule has 0 saturated carbocycles. The van der Waals surface area contributed by atoms with Gasteiger partial charge in [-0.2, -0.15) is 0 Å². The number of piperazine rings is 1. The van der Waals surface area contributed by atoms with Gasteiger partial charge in [0.15, 0.2) is 0 Å². The lowest BCUT2D eigenvalue weighted by Gasteiger charge is -2.33. The number of carbonyl (C=O) groups excluding carboxylic acids is 1. The molecule has 3 aromatic rings. The molecular weight excluding hydrogens is 420 g/mol. The van der Waals surface area contributed by atoms with Gasteiger partial charge in [0.2, 0.25) is 0 Å². The van der Waals surface area contributed by atoms with Crippen LogP contribution >= 0.6 is 0 Å². The number of hydrogen-bond donors (Lipinski definition) is 3. The van der Waals surface area contributed by atoms with Gasteiger partial charge in [-0.05, 0) is 26.1 Å². The molecule has 10 nitrogen and oxygen atoms in total. The number of nitrogens with one attached hydrogen (secondary N) is 2. The molecule has 0 bridgehead atoms. The molecule has 3 aromatic heterocycles. The number of aromatic nitrogens is 3. The molecule has 4 heterocycles. The summed E-state index contributed by atoms with van der Waals surface area (Å²) in [6.45, 7) is 6.43. The minimum Gasteiger partial charge on any atom is -0.492 e. The van der Waals surface area contributed by atoms with Crippen molar-refractivity contribution in [2.45, 2.75) is 6.92 Å². The standard InChI is InChI=1S/C23H28N8O2/c1-3-33-20-6-7-25-15-19(20)28-18-12-22(27-14-17(18)23(24)32)29-21-5-4-16(13-26-21)31-10-8-30(2)9-11-31/h4-7,12-15H,3,8-11H2,1-2H3,(H2,24,32)(H2,26,27,28,29). The predicted molar refractivity (Wildman–Crippen MR) is 129 cm³/mol. The Morgan fingerprint density at radius 3 is 2.52 bits per heavy atom. The molecule has 0 aliphatic carbocycles. The molecule has 10 heteroatoms. The predicted octanol–water partition coefficient (Wildman–Crippen LogP) is 2.61. The summed E-state index contributed by atoms with van der Waals surface area (Å²) < 4.78 is 5.64. The van der Waals surface area contributed by atoms with Gasteiger partial charge in [0.05, 0.1) is 41.6 Å². The van der Waals surface area contributed by atoms with Crippen molar-refractivity contribution in [3.63, 3.8) is 0 Å². The van der Waals surface area contributed by atoms with Gasteiger partial charge in [0, 0.05) is 50.7 Å². The first-order chi connectivity index (χ1) is 16.0. The molecule has 172 valence electrons. The lowest BCUT2D eigenvalue weighted by Crippen LogP contribution is -2.44. The van der Waals surface area contributed by atoms with Crippen LogP contribution in [-0.2, 0) is 0 Å². The molecule has 4 rings (SSSR count). The fraction of sp³-hybridized carbons (Fsp3) is 0.304. The first kappa shape index (κ1) is 22.3. The molecule has 4 N–H and O–H groups in total. The van der Waals surface area contributed by atoms with Gasteiger partial charge in [-0.15, -0.1) is 0 Å². The second-order valence-corrected chi connectivity index (χ2v) is 7.73. The van der Waals surface area contributed by atoms with E-state index in [2.05, 4.69) is 42.4 Å². The fourth-order valence-electron chi connectivity index (χ4n) is 3.57. The molecule has 1 fully saturated rings. The minimum absolute atomic E-state index is 0.255. The fourth-order valence-corrected chi connectivity index (χ4v) is 3.57. The zero-order chi connectivity index (χ0) is 23.2. The Bertz CT molecular complexity index is 1100. The Morgan fingerprint density at radius 1 is 1.03 bits per heavy atom. The van der Waals surface area contributed by atoms with Gasteiger partial charge in [0.1, 0.15) is 17.4 Å². The van der Waals surface area contributed by atoms with E-state index >= 15 is 0 Å². The molecular formula is C23H28N8O2. The summed E-state index contributed by atoms with van der Waals surface area (Å²) in [5.41, 5.74) is 8.01. The smallest absolute Gasteiger partial charge is 0.252 e. The van der Waals surface area contributed by atoms with E-state index in [4.69, 9.17) is 10.5 Å². The van der Waals surface area contributed by atoms with Gasteiger partial charge in [-0.1, -0.05) is 0 Å². The highest BCUT2D eigenvalue weighted by Crippen LogP contribution is 2.30. The van der Waals surface area contributed by atoms with Gasteiger partial charge in [-0.25, -0.2) is 9.97 Å². The second kappa shape index (κ2) is 10.1. The van der Waals surface area contributed by atoms with Crippen LogP contribution in [0.1, 0.15) is 17.3 Å². The van der Waals surface area contributed by atoms with Gasteiger partial charge in [0.25, 0.3) is 5.91 Å². The van der Waals surface area contributed by atoms with Crippen LogP contribution in [0.5, 0.6) is 5.75 Å². The van der Waals surface area contributed by atoms with Crippen molar-refractivity contribution in [3.8, 4) is 5.75 Å². The van der Waals surface area contributed by atoms with Crippen molar-refractivity contribution >= 4 is 34.6 Å². The van der Waals surface area contributed by atoms with E-state index in [1.807, 2.05) is 25.3 Å². The largest absolute Gasteiger partial charge is 0.492 e. The summed E-state index contributed by atoms with van der Waals surface area (Å²) in [5, 5.41) is 6.38. The van der Waals surface area contributed by atoms with Gasteiger partial charge < -0.3 is 30.9 Å². The Kier molecular flexibility index (Phi) is 6.84. The third kappa shape index (κ3) is 5.47. The molecule has 0 spiro atoms. The van der Waals surface area contributed by atoms with Crippen LogP contribution < -0.4 is 26.0 Å². The van der Waals surface area contributed by atoms with Crippen LogP contribution in [0.3, 0.4) is 0 Å².